The third kappa shape index (κ3) is 4.36. The van der Waals surface area contributed by atoms with Crippen molar-refractivity contribution < 1.29 is 13.9 Å². The van der Waals surface area contributed by atoms with E-state index in [4.69, 9.17) is 9.47 Å². The van der Waals surface area contributed by atoms with E-state index < -0.39 is 0 Å². The predicted molar refractivity (Wildman–Crippen MR) is 62.5 cm³/mol. The van der Waals surface area contributed by atoms with Gasteiger partial charge in [0.2, 0.25) is 0 Å². The molecular weight excluding hydrogens is 209 g/mol. The lowest BCUT2D eigenvalue weighted by Crippen LogP contribution is -2.34. The van der Waals surface area contributed by atoms with Crippen molar-refractivity contribution in [1.82, 2.24) is 4.90 Å². The highest BCUT2D eigenvalue weighted by atomic mass is 19.1. The monoisotopic (exact) mass is 233 g/mol. The van der Waals surface area contributed by atoms with Crippen LogP contribution in [-0.4, -0.2) is 56.6 Å². The van der Waals surface area contributed by atoms with Gasteiger partial charge in [-0.25, -0.2) is 0 Å². The molecule has 0 saturated carbocycles. The first-order chi connectivity index (χ1) is 7.81. The molecule has 0 spiro atoms. The summed E-state index contributed by atoms with van der Waals surface area (Å²) >= 11 is 0. The third-order valence-electron chi connectivity index (χ3n) is 2.99. The van der Waals surface area contributed by atoms with Gasteiger partial charge in [0.1, 0.15) is 0 Å². The fourth-order valence-corrected chi connectivity index (χ4v) is 2.26. The van der Waals surface area contributed by atoms with Crippen LogP contribution in [0.4, 0.5) is 4.39 Å². The Balaban J connectivity index is 2.36. The molecule has 1 saturated heterocycles. The Hall–Kier alpha value is -0.190. The van der Waals surface area contributed by atoms with Crippen LogP contribution < -0.4 is 0 Å². The van der Waals surface area contributed by atoms with Gasteiger partial charge in [-0.1, -0.05) is 0 Å². The zero-order valence-corrected chi connectivity index (χ0v) is 10.5. The van der Waals surface area contributed by atoms with Gasteiger partial charge in [-0.2, -0.15) is 0 Å². The Kier molecular flexibility index (Phi) is 6.92. The predicted octanol–water partition coefficient (Wildman–Crippen LogP) is 1.86. The first kappa shape index (κ1) is 13.9. The third-order valence-corrected chi connectivity index (χ3v) is 2.99. The molecule has 1 heterocycles. The topological polar surface area (TPSA) is 21.7 Å². The van der Waals surface area contributed by atoms with Gasteiger partial charge in [-0.05, 0) is 26.7 Å². The zero-order valence-electron chi connectivity index (χ0n) is 10.5. The molecule has 16 heavy (non-hydrogen) atoms. The molecule has 0 N–H and O–H groups in total. The molecule has 0 bridgehead atoms. The van der Waals surface area contributed by atoms with E-state index in [1.54, 1.807) is 0 Å². The van der Waals surface area contributed by atoms with Crippen LogP contribution in [0.3, 0.4) is 0 Å². The van der Waals surface area contributed by atoms with Crippen molar-refractivity contribution in [2.75, 3.05) is 39.6 Å². The molecule has 1 fully saturated rings. The molecule has 96 valence electrons. The molecule has 0 aromatic heterocycles. The molecule has 0 amide bonds. The van der Waals surface area contributed by atoms with Gasteiger partial charge in [-0.15, -0.1) is 0 Å². The molecule has 1 rings (SSSR count). The number of alkyl halides is 1. The molecule has 0 aromatic rings. The lowest BCUT2D eigenvalue weighted by atomic mass is 10.2. The summed E-state index contributed by atoms with van der Waals surface area (Å²) in [4.78, 5) is 2.30. The Bertz CT molecular complexity index is 164. The summed E-state index contributed by atoms with van der Waals surface area (Å²) in [5.74, 6) is 0. The normalized spacial score (nSPS) is 26.4. The Morgan fingerprint density at radius 3 is 2.75 bits per heavy atom. The lowest BCUT2D eigenvalue weighted by Gasteiger charge is -2.23. The molecule has 0 radical (unpaired) electrons. The maximum atomic E-state index is 12.2. The second-order valence-electron chi connectivity index (χ2n) is 4.16. The van der Waals surface area contributed by atoms with Crippen molar-refractivity contribution in [3.05, 3.63) is 0 Å². The summed E-state index contributed by atoms with van der Waals surface area (Å²) in [7, 11) is 0. The second-order valence-corrected chi connectivity index (χ2v) is 4.16. The van der Waals surface area contributed by atoms with Crippen LogP contribution in [0.15, 0.2) is 0 Å². The van der Waals surface area contributed by atoms with E-state index in [0.29, 0.717) is 18.6 Å². The Labute approximate surface area is 97.9 Å². The van der Waals surface area contributed by atoms with Crippen molar-refractivity contribution in [2.24, 2.45) is 0 Å². The Morgan fingerprint density at radius 1 is 1.31 bits per heavy atom. The van der Waals surface area contributed by atoms with Crippen molar-refractivity contribution >= 4 is 0 Å². The van der Waals surface area contributed by atoms with Gasteiger partial charge in [0.15, 0.2) is 0 Å². The fraction of sp³-hybridized carbons (Fsp3) is 1.00. The van der Waals surface area contributed by atoms with Crippen LogP contribution in [0.25, 0.3) is 0 Å². The molecule has 1 aliphatic rings. The van der Waals surface area contributed by atoms with Crippen molar-refractivity contribution in [3.8, 4) is 0 Å². The van der Waals surface area contributed by atoms with E-state index in [2.05, 4.69) is 4.90 Å². The average molecular weight is 233 g/mol. The maximum absolute atomic E-state index is 12.2. The summed E-state index contributed by atoms with van der Waals surface area (Å²) in [5, 5.41) is 0. The minimum atomic E-state index is -0.239. The van der Waals surface area contributed by atoms with Gasteiger partial charge in [0, 0.05) is 32.3 Å². The molecule has 2 atom stereocenters. The lowest BCUT2D eigenvalue weighted by molar-refractivity contribution is 0.0685. The van der Waals surface area contributed by atoms with Crippen LogP contribution >= 0.6 is 0 Å². The van der Waals surface area contributed by atoms with Gasteiger partial charge in [0.25, 0.3) is 0 Å². The van der Waals surface area contributed by atoms with Crippen LogP contribution in [0.2, 0.25) is 0 Å². The summed E-state index contributed by atoms with van der Waals surface area (Å²) in [5.41, 5.74) is 0. The second kappa shape index (κ2) is 7.98. The SMILES string of the molecule is CCOCC1CC(OCC)CN1CCCF. The summed E-state index contributed by atoms with van der Waals surface area (Å²) in [6.45, 7) is 7.76. The average Bonchev–Trinajstić information content (AvgIpc) is 2.66. The fourth-order valence-electron chi connectivity index (χ4n) is 2.26. The number of hydrogen-bond acceptors (Lipinski definition) is 3. The van der Waals surface area contributed by atoms with E-state index in [0.717, 1.165) is 39.3 Å². The number of halogens is 1. The molecule has 2 unspecified atom stereocenters. The van der Waals surface area contributed by atoms with Gasteiger partial charge >= 0.3 is 0 Å². The first-order valence-electron chi connectivity index (χ1n) is 6.31. The first-order valence-corrected chi connectivity index (χ1v) is 6.31. The van der Waals surface area contributed by atoms with Crippen LogP contribution in [0.5, 0.6) is 0 Å². The van der Waals surface area contributed by atoms with E-state index in [-0.39, 0.29) is 6.67 Å². The minimum Gasteiger partial charge on any atom is -0.380 e. The van der Waals surface area contributed by atoms with Crippen molar-refractivity contribution in [3.63, 3.8) is 0 Å². The van der Waals surface area contributed by atoms with E-state index in [1.807, 2.05) is 13.8 Å². The molecule has 3 nitrogen and oxygen atoms in total. The van der Waals surface area contributed by atoms with E-state index >= 15 is 0 Å². The summed E-state index contributed by atoms with van der Waals surface area (Å²) in [6.07, 6.45) is 1.93. The highest BCUT2D eigenvalue weighted by molar-refractivity contribution is 4.85. The smallest absolute Gasteiger partial charge is 0.0906 e. The zero-order chi connectivity index (χ0) is 11.8. The van der Waals surface area contributed by atoms with Gasteiger partial charge in [-0.3, -0.25) is 9.29 Å². The quantitative estimate of drug-likeness (QED) is 0.639. The molecule has 0 aliphatic carbocycles. The summed E-state index contributed by atoms with van der Waals surface area (Å²) < 4.78 is 23.3. The van der Waals surface area contributed by atoms with Crippen molar-refractivity contribution in [1.29, 1.82) is 0 Å². The summed E-state index contributed by atoms with van der Waals surface area (Å²) in [6, 6.07) is 0.406. The standard InChI is InChI=1S/C12H24FNO2/c1-3-15-10-11-8-12(16-4-2)9-14(11)7-5-6-13/h11-12H,3-10H2,1-2H3. The largest absolute Gasteiger partial charge is 0.380 e. The Morgan fingerprint density at radius 2 is 2.12 bits per heavy atom. The molecule has 4 heteroatoms. The maximum Gasteiger partial charge on any atom is 0.0906 e. The highest BCUT2D eigenvalue weighted by Crippen LogP contribution is 2.21. The van der Waals surface area contributed by atoms with Gasteiger partial charge in [0.05, 0.1) is 19.4 Å². The number of likely N-dealkylation sites (tertiary alicyclic amines) is 1. The van der Waals surface area contributed by atoms with Crippen LogP contribution in [0.1, 0.15) is 26.7 Å². The number of rotatable bonds is 8. The van der Waals surface area contributed by atoms with E-state index in [1.165, 1.54) is 0 Å². The van der Waals surface area contributed by atoms with E-state index in [9.17, 15) is 4.39 Å². The minimum absolute atomic E-state index is 0.239. The number of ether oxygens (including phenoxy) is 2. The number of nitrogens with zero attached hydrogens (tertiary/aromatic N) is 1. The van der Waals surface area contributed by atoms with Crippen LogP contribution in [-0.2, 0) is 9.47 Å². The highest BCUT2D eigenvalue weighted by Gasteiger charge is 2.31. The van der Waals surface area contributed by atoms with Crippen molar-refractivity contribution in [2.45, 2.75) is 38.8 Å². The number of hydrogen-bond donors (Lipinski definition) is 0. The van der Waals surface area contributed by atoms with Gasteiger partial charge < -0.3 is 9.47 Å². The molecular formula is C12H24FNO2. The van der Waals surface area contributed by atoms with Crippen LogP contribution in [0, 0.1) is 0 Å². The molecule has 0 aromatic carbocycles. The molecule has 1 aliphatic heterocycles.